The van der Waals surface area contributed by atoms with Gasteiger partial charge in [0.15, 0.2) is 5.58 Å². The summed E-state index contributed by atoms with van der Waals surface area (Å²) in [5.41, 5.74) is 3.40. The first-order chi connectivity index (χ1) is 15.7. The molecule has 2 aromatic heterocycles. The van der Waals surface area contributed by atoms with Crippen LogP contribution in [0.2, 0.25) is 0 Å². The van der Waals surface area contributed by atoms with Crippen molar-refractivity contribution in [2.24, 2.45) is 0 Å². The number of aromatic carboxylic acids is 1. The van der Waals surface area contributed by atoms with Crippen molar-refractivity contribution in [3.05, 3.63) is 96.0 Å². The molecular weight excluding hydrogens is 408 g/mol. The number of rotatable bonds is 7. The average molecular weight is 426 g/mol. The Kier molecular flexibility index (Phi) is 5.13. The molecule has 0 aliphatic rings. The number of benzene rings is 3. The molecule has 0 aliphatic carbocycles. The molecule has 0 spiro atoms. The highest BCUT2D eigenvalue weighted by atomic mass is 16.5. The van der Waals surface area contributed by atoms with E-state index in [0.717, 1.165) is 16.6 Å². The number of hydrogen-bond donors (Lipinski definition) is 1. The lowest BCUT2D eigenvalue weighted by atomic mass is 10.2. The summed E-state index contributed by atoms with van der Waals surface area (Å²) in [6, 6.07) is 24.5. The number of oxazole rings is 1. The summed E-state index contributed by atoms with van der Waals surface area (Å²) in [6.07, 6.45) is 0. The SMILES string of the molecule is O=C(O)c1nc2cccc(COc3ccc(OCc4ccc5ccccc5n4)cc3)c2o1. The van der Waals surface area contributed by atoms with E-state index >= 15 is 0 Å². The monoisotopic (exact) mass is 426 g/mol. The minimum Gasteiger partial charge on any atom is -0.489 e. The quantitative estimate of drug-likeness (QED) is 0.381. The summed E-state index contributed by atoms with van der Waals surface area (Å²) in [6.45, 7) is 0.581. The van der Waals surface area contributed by atoms with Crippen molar-refractivity contribution in [2.75, 3.05) is 0 Å². The fourth-order valence-corrected chi connectivity index (χ4v) is 3.35. The minimum absolute atomic E-state index is 0.215. The largest absolute Gasteiger partial charge is 0.489 e. The second-order valence-electron chi connectivity index (χ2n) is 7.13. The lowest BCUT2D eigenvalue weighted by Gasteiger charge is -2.09. The Morgan fingerprint density at radius 2 is 1.50 bits per heavy atom. The van der Waals surface area contributed by atoms with Gasteiger partial charge in [-0.1, -0.05) is 36.4 Å². The fourth-order valence-electron chi connectivity index (χ4n) is 3.35. The minimum atomic E-state index is -1.21. The predicted octanol–water partition coefficient (Wildman–Crippen LogP) is 5.23. The third kappa shape index (κ3) is 4.09. The Labute approximate surface area is 182 Å². The van der Waals surface area contributed by atoms with E-state index in [4.69, 9.17) is 19.0 Å². The van der Waals surface area contributed by atoms with Gasteiger partial charge in [0, 0.05) is 10.9 Å². The summed E-state index contributed by atoms with van der Waals surface area (Å²) in [4.78, 5) is 19.7. The van der Waals surface area contributed by atoms with Gasteiger partial charge >= 0.3 is 11.9 Å². The van der Waals surface area contributed by atoms with Crippen LogP contribution in [0, 0.1) is 0 Å². The third-order valence-electron chi connectivity index (χ3n) is 4.94. The molecule has 0 aliphatic heterocycles. The van der Waals surface area contributed by atoms with Crippen molar-refractivity contribution < 1.29 is 23.8 Å². The number of aromatic nitrogens is 2. The van der Waals surface area contributed by atoms with E-state index in [9.17, 15) is 4.79 Å². The van der Waals surface area contributed by atoms with Crippen LogP contribution in [0.1, 0.15) is 21.9 Å². The van der Waals surface area contributed by atoms with Gasteiger partial charge in [-0.3, -0.25) is 0 Å². The van der Waals surface area contributed by atoms with Crippen molar-refractivity contribution >= 4 is 28.0 Å². The molecule has 32 heavy (non-hydrogen) atoms. The van der Waals surface area contributed by atoms with Crippen LogP contribution in [0.5, 0.6) is 11.5 Å². The molecule has 7 nitrogen and oxygen atoms in total. The van der Waals surface area contributed by atoms with E-state index in [1.165, 1.54) is 0 Å². The number of pyridine rings is 1. The van der Waals surface area contributed by atoms with Crippen LogP contribution in [0.4, 0.5) is 0 Å². The molecular formula is C25H18N2O5. The zero-order chi connectivity index (χ0) is 21.9. The normalized spacial score (nSPS) is 11.0. The number of carbonyl (C=O) groups is 1. The van der Waals surface area contributed by atoms with Gasteiger partial charge in [0.1, 0.15) is 30.2 Å². The molecule has 3 aromatic carbocycles. The average Bonchev–Trinajstić information content (AvgIpc) is 3.27. The highest BCUT2D eigenvalue weighted by Crippen LogP contribution is 2.24. The number of fused-ring (bicyclic) bond motifs is 2. The lowest BCUT2D eigenvalue weighted by molar-refractivity contribution is 0.0656. The number of para-hydroxylation sites is 2. The Morgan fingerprint density at radius 3 is 2.28 bits per heavy atom. The van der Waals surface area contributed by atoms with Crippen LogP contribution >= 0.6 is 0 Å². The maximum absolute atomic E-state index is 11.1. The van der Waals surface area contributed by atoms with Crippen molar-refractivity contribution in [2.45, 2.75) is 13.2 Å². The lowest BCUT2D eigenvalue weighted by Crippen LogP contribution is -1.99. The van der Waals surface area contributed by atoms with E-state index in [-0.39, 0.29) is 12.5 Å². The number of carboxylic acids is 1. The Balaban J connectivity index is 1.22. The molecule has 7 heteroatoms. The Bertz CT molecular complexity index is 1410. The molecule has 2 heterocycles. The summed E-state index contributed by atoms with van der Waals surface area (Å²) in [7, 11) is 0. The zero-order valence-corrected chi connectivity index (χ0v) is 16.9. The molecule has 0 saturated carbocycles. The van der Waals surface area contributed by atoms with Crippen molar-refractivity contribution in [3.8, 4) is 11.5 Å². The fraction of sp³-hybridized carbons (Fsp3) is 0.0800. The first kappa shape index (κ1) is 19.6. The number of ether oxygens (including phenoxy) is 2. The van der Waals surface area contributed by atoms with Gasteiger partial charge in [-0.05, 0) is 42.5 Å². The van der Waals surface area contributed by atoms with Crippen molar-refractivity contribution in [1.29, 1.82) is 0 Å². The van der Waals surface area contributed by atoms with E-state index in [1.54, 1.807) is 12.1 Å². The molecule has 0 atom stereocenters. The molecule has 0 fully saturated rings. The van der Waals surface area contributed by atoms with Crippen molar-refractivity contribution in [3.63, 3.8) is 0 Å². The zero-order valence-electron chi connectivity index (χ0n) is 16.9. The molecule has 158 valence electrons. The van der Waals surface area contributed by atoms with Crippen LogP contribution in [0.15, 0.2) is 83.3 Å². The first-order valence-corrected chi connectivity index (χ1v) is 9.98. The van der Waals surface area contributed by atoms with Crippen molar-refractivity contribution in [1.82, 2.24) is 9.97 Å². The van der Waals surface area contributed by atoms with Crippen LogP contribution in [0.3, 0.4) is 0 Å². The van der Waals surface area contributed by atoms with Gasteiger partial charge in [0.05, 0.1) is 11.2 Å². The number of carboxylic acid groups (broad SMARTS) is 1. The Morgan fingerprint density at radius 1 is 0.781 bits per heavy atom. The van der Waals surface area contributed by atoms with Gasteiger partial charge in [0.25, 0.3) is 0 Å². The van der Waals surface area contributed by atoms with Gasteiger partial charge in [-0.15, -0.1) is 0 Å². The second-order valence-corrected chi connectivity index (χ2v) is 7.13. The van der Waals surface area contributed by atoms with E-state index in [2.05, 4.69) is 9.97 Å². The van der Waals surface area contributed by atoms with E-state index in [0.29, 0.717) is 34.8 Å². The molecule has 5 rings (SSSR count). The van der Waals surface area contributed by atoms with E-state index in [1.807, 2.05) is 66.7 Å². The van der Waals surface area contributed by atoms with Gasteiger partial charge in [-0.25, -0.2) is 14.8 Å². The summed E-state index contributed by atoms with van der Waals surface area (Å²) in [5.74, 6) is -0.190. The molecule has 1 N–H and O–H groups in total. The highest BCUT2D eigenvalue weighted by molar-refractivity contribution is 5.87. The van der Waals surface area contributed by atoms with Gasteiger partial charge < -0.3 is 19.0 Å². The first-order valence-electron chi connectivity index (χ1n) is 9.98. The van der Waals surface area contributed by atoms with E-state index < -0.39 is 5.97 Å². The molecule has 0 unspecified atom stereocenters. The smallest absolute Gasteiger partial charge is 0.392 e. The third-order valence-corrected chi connectivity index (χ3v) is 4.94. The van der Waals surface area contributed by atoms with Crippen LogP contribution in [-0.2, 0) is 13.2 Å². The summed E-state index contributed by atoms with van der Waals surface area (Å²) < 4.78 is 17.0. The molecule has 0 radical (unpaired) electrons. The van der Waals surface area contributed by atoms with Crippen LogP contribution < -0.4 is 9.47 Å². The number of hydrogen-bond acceptors (Lipinski definition) is 6. The maximum atomic E-state index is 11.1. The maximum Gasteiger partial charge on any atom is 0.392 e. The number of nitrogens with zero attached hydrogens (tertiary/aromatic N) is 2. The molecule has 0 bridgehead atoms. The molecule has 0 saturated heterocycles. The molecule has 0 amide bonds. The highest BCUT2D eigenvalue weighted by Gasteiger charge is 2.15. The Hall–Kier alpha value is -4.39. The predicted molar refractivity (Wildman–Crippen MR) is 118 cm³/mol. The summed E-state index contributed by atoms with van der Waals surface area (Å²) >= 11 is 0. The second kappa shape index (κ2) is 8.39. The van der Waals surface area contributed by atoms with Gasteiger partial charge in [0.2, 0.25) is 0 Å². The topological polar surface area (TPSA) is 94.7 Å². The standard InChI is InChI=1S/C25H18N2O5/c28-25(29)24-27-22-7-3-5-17(23(22)32-24)14-30-19-10-12-20(13-11-19)31-15-18-9-8-16-4-1-2-6-21(16)26-18/h1-13H,14-15H2,(H,28,29). The van der Waals surface area contributed by atoms with Crippen LogP contribution in [-0.4, -0.2) is 21.0 Å². The summed E-state index contributed by atoms with van der Waals surface area (Å²) in [5, 5.41) is 10.2. The van der Waals surface area contributed by atoms with Crippen LogP contribution in [0.25, 0.3) is 22.0 Å². The van der Waals surface area contributed by atoms with Gasteiger partial charge in [-0.2, -0.15) is 0 Å². The molecule has 5 aromatic rings.